The van der Waals surface area contributed by atoms with E-state index in [4.69, 9.17) is 0 Å². The molecule has 70 valence electrons. The van der Waals surface area contributed by atoms with Crippen molar-refractivity contribution in [3.63, 3.8) is 0 Å². The van der Waals surface area contributed by atoms with Gasteiger partial charge in [0.25, 0.3) is 0 Å². The molecule has 0 aliphatic carbocycles. The van der Waals surface area contributed by atoms with Gasteiger partial charge in [0.05, 0.1) is 13.2 Å². The first-order chi connectivity index (χ1) is 6.27. The zero-order valence-electron chi connectivity index (χ0n) is 7.54. The van der Waals surface area contributed by atoms with Gasteiger partial charge < -0.3 is 4.90 Å². The van der Waals surface area contributed by atoms with E-state index in [1.54, 1.807) is 11.3 Å². The molecule has 2 heterocycles. The number of rotatable bonds is 2. The molecule has 1 N–H and O–H groups in total. The van der Waals surface area contributed by atoms with Crippen LogP contribution in [0.4, 0.5) is 0 Å². The first-order valence-electron chi connectivity index (χ1n) is 4.27. The molecular weight excluding hydrogens is 184 g/mol. The monoisotopic (exact) mass is 196 g/mol. The standard InChI is InChI=1S/C9H12N2OS/c1-7-4-13-5-8(7)3-11-6-10-2-9(11)12/h4-5,10H,2-3,6H2,1H3. The molecule has 0 radical (unpaired) electrons. The van der Waals surface area contributed by atoms with E-state index in [2.05, 4.69) is 23.0 Å². The van der Waals surface area contributed by atoms with E-state index in [0.29, 0.717) is 13.2 Å². The van der Waals surface area contributed by atoms with Crippen LogP contribution < -0.4 is 5.32 Å². The van der Waals surface area contributed by atoms with Gasteiger partial charge in [-0.1, -0.05) is 0 Å². The zero-order chi connectivity index (χ0) is 9.26. The molecule has 0 bridgehead atoms. The summed E-state index contributed by atoms with van der Waals surface area (Å²) in [4.78, 5) is 13.1. The van der Waals surface area contributed by atoms with E-state index < -0.39 is 0 Å². The van der Waals surface area contributed by atoms with E-state index in [9.17, 15) is 4.79 Å². The second-order valence-electron chi connectivity index (χ2n) is 3.26. The van der Waals surface area contributed by atoms with Gasteiger partial charge in [0.15, 0.2) is 0 Å². The summed E-state index contributed by atoms with van der Waals surface area (Å²) in [6.45, 7) is 4.01. The Morgan fingerprint density at radius 1 is 1.62 bits per heavy atom. The van der Waals surface area contributed by atoms with Crippen LogP contribution in [0.2, 0.25) is 0 Å². The van der Waals surface area contributed by atoms with Crippen LogP contribution in [-0.4, -0.2) is 24.0 Å². The van der Waals surface area contributed by atoms with E-state index in [1.807, 2.05) is 4.90 Å². The lowest BCUT2D eigenvalue weighted by molar-refractivity contribution is -0.127. The van der Waals surface area contributed by atoms with E-state index in [-0.39, 0.29) is 5.91 Å². The highest BCUT2D eigenvalue weighted by Gasteiger charge is 2.19. The second-order valence-corrected chi connectivity index (χ2v) is 4.00. The number of amides is 1. The fraction of sp³-hybridized carbons (Fsp3) is 0.444. The van der Waals surface area contributed by atoms with Crippen molar-refractivity contribution in [3.05, 3.63) is 21.9 Å². The summed E-state index contributed by atoms with van der Waals surface area (Å²) in [7, 11) is 0. The highest BCUT2D eigenvalue weighted by Crippen LogP contribution is 2.16. The molecular formula is C9H12N2OS. The van der Waals surface area contributed by atoms with Gasteiger partial charge in [-0.25, -0.2) is 0 Å². The molecule has 1 fully saturated rings. The number of aryl methyl sites for hydroxylation is 1. The summed E-state index contributed by atoms with van der Waals surface area (Å²) in [5.74, 6) is 0.200. The van der Waals surface area contributed by atoms with Gasteiger partial charge >= 0.3 is 0 Å². The first-order valence-corrected chi connectivity index (χ1v) is 5.22. The summed E-state index contributed by atoms with van der Waals surface area (Å²) in [6, 6.07) is 0. The van der Waals surface area contributed by atoms with Crippen LogP contribution in [0, 0.1) is 6.92 Å². The Labute approximate surface area is 81.4 Å². The third-order valence-electron chi connectivity index (χ3n) is 2.25. The lowest BCUT2D eigenvalue weighted by Crippen LogP contribution is -2.25. The number of thiophene rings is 1. The fourth-order valence-electron chi connectivity index (χ4n) is 1.40. The van der Waals surface area contributed by atoms with Gasteiger partial charge in [-0.3, -0.25) is 10.1 Å². The van der Waals surface area contributed by atoms with Crippen molar-refractivity contribution in [2.45, 2.75) is 13.5 Å². The smallest absolute Gasteiger partial charge is 0.237 e. The van der Waals surface area contributed by atoms with Crippen LogP contribution in [0.3, 0.4) is 0 Å². The largest absolute Gasteiger partial charge is 0.324 e. The molecule has 1 aromatic rings. The molecule has 1 amide bonds. The Hall–Kier alpha value is -0.870. The quantitative estimate of drug-likeness (QED) is 0.763. The molecule has 4 heteroatoms. The molecule has 0 aromatic carbocycles. The Bertz CT molecular complexity index is 321. The lowest BCUT2D eigenvalue weighted by Gasteiger charge is -2.13. The first kappa shape index (κ1) is 8.72. The minimum absolute atomic E-state index is 0.200. The lowest BCUT2D eigenvalue weighted by atomic mass is 10.2. The molecule has 3 nitrogen and oxygen atoms in total. The average molecular weight is 196 g/mol. The molecule has 1 aromatic heterocycles. The molecule has 1 aliphatic rings. The number of hydrogen-bond donors (Lipinski definition) is 1. The van der Waals surface area contributed by atoms with Crippen molar-refractivity contribution in [2.24, 2.45) is 0 Å². The van der Waals surface area contributed by atoms with Crippen LogP contribution in [0.15, 0.2) is 10.8 Å². The molecule has 1 saturated heterocycles. The maximum Gasteiger partial charge on any atom is 0.237 e. The van der Waals surface area contributed by atoms with Crippen LogP contribution in [0.25, 0.3) is 0 Å². The molecule has 0 atom stereocenters. The maximum atomic E-state index is 11.3. The maximum absolute atomic E-state index is 11.3. The summed E-state index contributed by atoms with van der Waals surface area (Å²) < 4.78 is 0. The highest BCUT2D eigenvalue weighted by atomic mass is 32.1. The Morgan fingerprint density at radius 3 is 3.00 bits per heavy atom. The molecule has 1 aliphatic heterocycles. The number of nitrogens with zero attached hydrogens (tertiary/aromatic N) is 1. The van der Waals surface area contributed by atoms with Crippen LogP contribution in [-0.2, 0) is 11.3 Å². The van der Waals surface area contributed by atoms with Gasteiger partial charge in [-0.05, 0) is 28.8 Å². The predicted molar refractivity (Wildman–Crippen MR) is 52.5 cm³/mol. The minimum atomic E-state index is 0.200. The topological polar surface area (TPSA) is 32.3 Å². The predicted octanol–water partition coefficient (Wildman–Crippen LogP) is 0.946. The van der Waals surface area contributed by atoms with Crippen LogP contribution >= 0.6 is 11.3 Å². The fourth-order valence-corrected chi connectivity index (χ4v) is 2.24. The summed E-state index contributed by atoms with van der Waals surface area (Å²) >= 11 is 1.69. The van der Waals surface area contributed by atoms with Crippen molar-refractivity contribution >= 4 is 17.2 Å². The van der Waals surface area contributed by atoms with Gasteiger partial charge in [-0.15, -0.1) is 0 Å². The Balaban J connectivity index is 2.06. The third kappa shape index (κ3) is 1.73. The summed E-state index contributed by atoms with van der Waals surface area (Å²) in [5, 5.41) is 7.26. The van der Waals surface area contributed by atoms with Gasteiger partial charge in [0.2, 0.25) is 5.91 Å². The van der Waals surface area contributed by atoms with Crippen molar-refractivity contribution < 1.29 is 4.79 Å². The number of hydrogen-bond acceptors (Lipinski definition) is 3. The minimum Gasteiger partial charge on any atom is -0.324 e. The van der Waals surface area contributed by atoms with Crippen molar-refractivity contribution in [3.8, 4) is 0 Å². The zero-order valence-corrected chi connectivity index (χ0v) is 8.36. The van der Waals surface area contributed by atoms with Crippen molar-refractivity contribution in [1.82, 2.24) is 10.2 Å². The van der Waals surface area contributed by atoms with Crippen molar-refractivity contribution in [2.75, 3.05) is 13.2 Å². The number of nitrogens with one attached hydrogen (secondary N) is 1. The third-order valence-corrected chi connectivity index (χ3v) is 3.16. The molecule has 13 heavy (non-hydrogen) atoms. The van der Waals surface area contributed by atoms with Gasteiger partial charge in [0, 0.05) is 6.54 Å². The average Bonchev–Trinajstić information content (AvgIpc) is 2.65. The highest BCUT2D eigenvalue weighted by molar-refractivity contribution is 7.08. The van der Waals surface area contributed by atoms with Crippen molar-refractivity contribution in [1.29, 1.82) is 0 Å². The summed E-state index contributed by atoms with van der Waals surface area (Å²) in [6.07, 6.45) is 0. The normalized spacial score (nSPS) is 17.0. The molecule has 0 saturated carbocycles. The second kappa shape index (κ2) is 3.47. The van der Waals surface area contributed by atoms with Gasteiger partial charge in [-0.2, -0.15) is 11.3 Å². The number of carbonyl (C=O) groups excluding carboxylic acids is 1. The van der Waals surface area contributed by atoms with Crippen LogP contribution in [0.5, 0.6) is 0 Å². The van der Waals surface area contributed by atoms with E-state index >= 15 is 0 Å². The van der Waals surface area contributed by atoms with E-state index in [0.717, 1.165) is 6.54 Å². The summed E-state index contributed by atoms with van der Waals surface area (Å²) in [5.41, 5.74) is 2.55. The SMILES string of the molecule is Cc1cscc1CN1CNCC1=O. The number of carbonyl (C=O) groups is 1. The molecule has 2 rings (SSSR count). The Morgan fingerprint density at radius 2 is 2.46 bits per heavy atom. The molecule has 0 spiro atoms. The Kier molecular flexibility index (Phi) is 2.33. The van der Waals surface area contributed by atoms with Crippen LogP contribution in [0.1, 0.15) is 11.1 Å². The van der Waals surface area contributed by atoms with E-state index in [1.165, 1.54) is 11.1 Å². The molecule has 0 unspecified atom stereocenters. The van der Waals surface area contributed by atoms with Gasteiger partial charge in [0.1, 0.15) is 0 Å².